The second-order valence-electron chi connectivity index (χ2n) is 14.6. The predicted molar refractivity (Wildman–Crippen MR) is 242 cm³/mol. The van der Waals surface area contributed by atoms with Gasteiger partial charge >= 0.3 is 0 Å². The number of benzene rings is 9. The summed E-state index contributed by atoms with van der Waals surface area (Å²) in [6.45, 7) is 0. The normalized spacial score (nSPS) is 11.4. The lowest BCUT2D eigenvalue weighted by atomic mass is 9.96. The van der Waals surface area contributed by atoms with E-state index in [0.29, 0.717) is 5.95 Å². The predicted octanol–water partition coefficient (Wildman–Crippen LogP) is 14.4. The Bertz CT molecular complexity index is 3270. The van der Waals surface area contributed by atoms with Crippen molar-refractivity contribution in [3.8, 4) is 39.2 Å². The maximum atomic E-state index is 5.56. The Morgan fingerprint density at radius 1 is 0.379 bits per heavy atom. The van der Waals surface area contributed by atoms with Crippen molar-refractivity contribution in [2.24, 2.45) is 0 Å². The van der Waals surface area contributed by atoms with Crippen molar-refractivity contribution in [1.82, 2.24) is 14.5 Å². The van der Waals surface area contributed by atoms with E-state index < -0.39 is 0 Å². The number of hydrogen-bond acceptors (Lipinski definition) is 3. The molecule has 0 saturated heterocycles. The first-order chi connectivity index (χ1) is 28.8. The highest BCUT2D eigenvalue weighted by molar-refractivity contribution is 6.12. The molecule has 0 aliphatic rings. The van der Waals surface area contributed by atoms with Crippen molar-refractivity contribution in [2.75, 3.05) is 4.90 Å². The lowest BCUT2D eigenvalue weighted by Crippen LogP contribution is -2.15. The van der Waals surface area contributed by atoms with Gasteiger partial charge in [-0.2, -0.15) is 0 Å². The Morgan fingerprint density at radius 2 is 1.00 bits per heavy atom. The summed E-state index contributed by atoms with van der Waals surface area (Å²) in [5.41, 5.74) is 12.7. The molecule has 0 spiro atoms. The molecule has 272 valence electrons. The van der Waals surface area contributed by atoms with Gasteiger partial charge in [0.25, 0.3) is 0 Å². The standard InChI is InChI=1S/C54H36N4/c1-5-17-37(18-6-1)41-30-33-50(47(35-41)38-19-7-2-8-20-38)58(43-31-34-51-48(36-43)45-27-15-16-28-49(45)57(51)42-24-11-4-12-25-42)54-55-52(40-22-9-3-10-23-40)46-32-29-39-21-13-14-26-44(39)53(46)56-54/h1-36H. The molecule has 0 unspecified atom stereocenters. The van der Waals surface area contributed by atoms with Gasteiger partial charge in [-0.1, -0.05) is 164 Å². The summed E-state index contributed by atoms with van der Waals surface area (Å²) in [5.74, 6) is 0.596. The minimum Gasteiger partial charge on any atom is -0.309 e. The zero-order valence-electron chi connectivity index (χ0n) is 31.6. The molecule has 0 bridgehead atoms. The molecule has 0 aliphatic carbocycles. The van der Waals surface area contributed by atoms with Gasteiger partial charge in [0.05, 0.1) is 27.9 Å². The molecule has 11 aromatic rings. The van der Waals surface area contributed by atoms with Crippen LogP contribution < -0.4 is 4.90 Å². The van der Waals surface area contributed by atoms with Crippen LogP contribution in [0.2, 0.25) is 0 Å². The van der Waals surface area contributed by atoms with Crippen molar-refractivity contribution in [2.45, 2.75) is 0 Å². The van der Waals surface area contributed by atoms with E-state index >= 15 is 0 Å². The topological polar surface area (TPSA) is 34.0 Å². The van der Waals surface area contributed by atoms with E-state index in [9.17, 15) is 0 Å². The second kappa shape index (κ2) is 14.0. The number of nitrogens with zero attached hydrogens (tertiary/aromatic N) is 4. The van der Waals surface area contributed by atoms with E-state index in [-0.39, 0.29) is 0 Å². The molecule has 58 heavy (non-hydrogen) atoms. The fraction of sp³-hybridized carbons (Fsp3) is 0. The number of anilines is 3. The van der Waals surface area contributed by atoms with Crippen molar-refractivity contribution >= 4 is 60.8 Å². The first-order valence-electron chi connectivity index (χ1n) is 19.7. The van der Waals surface area contributed by atoms with Crippen LogP contribution >= 0.6 is 0 Å². The number of fused-ring (bicyclic) bond motifs is 6. The van der Waals surface area contributed by atoms with E-state index in [1.165, 1.54) is 5.39 Å². The molecule has 2 heterocycles. The molecule has 0 atom stereocenters. The van der Waals surface area contributed by atoms with Crippen LogP contribution in [0.4, 0.5) is 17.3 Å². The first kappa shape index (κ1) is 33.5. The molecule has 0 radical (unpaired) electrons. The van der Waals surface area contributed by atoms with E-state index in [2.05, 4.69) is 228 Å². The first-order valence-corrected chi connectivity index (χ1v) is 19.7. The molecule has 2 aromatic heterocycles. The van der Waals surface area contributed by atoms with Crippen LogP contribution in [0, 0.1) is 0 Å². The summed E-state index contributed by atoms with van der Waals surface area (Å²) in [6.07, 6.45) is 0. The highest BCUT2D eigenvalue weighted by atomic mass is 15.3. The van der Waals surface area contributed by atoms with E-state index in [4.69, 9.17) is 9.97 Å². The van der Waals surface area contributed by atoms with Crippen LogP contribution in [-0.4, -0.2) is 14.5 Å². The van der Waals surface area contributed by atoms with Crippen molar-refractivity contribution < 1.29 is 0 Å². The fourth-order valence-corrected chi connectivity index (χ4v) is 8.48. The van der Waals surface area contributed by atoms with Crippen LogP contribution in [0.5, 0.6) is 0 Å². The van der Waals surface area contributed by atoms with Gasteiger partial charge in [-0.3, -0.25) is 4.90 Å². The average Bonchev–Trinajstić information content (AvgIpc) is 3.64. The van der Waals surface area contributed by atoms with Gasteiger partial charge in [0, 0.05) is 44.0 Å². The molecule has 0 saturated carbocycles. The van der Waals surface area contributed by atoms with Gasteiger partial charge in [0.2, 0.25) is 5.95 Å². The van der Waals surface area contributed by atoms with Crippen LogP contribution in [0.15, 0.2) is 218 Å². The van der Waals surface area contributed by atoms with Gasteiger partial charge in [-0.05, 0) is 76.7 Å². The Balaban J connectivity index is 1.24. The molecule has 0 N–H and O–H groups in total. The van der Waals surface area contributed by atoms with E-state index in [1.807, 2.05) is 0 Å². The molecule has 0 aliphatic heterocycles. The third kappa shape index (κ3) is 5.70. The molecule has 9 aromatic carbocycles. The quantitative estimate of drug-likeness (QED) is 0.153. The van der Waals surface area contributed by atoms with Crippen LogP contribution in [0.25, 0.3) is 82.7 Å². The van der Waals surface area contributed by atoms with Crippen LogP contribution in [0.3, 0.4) is 0 Å². The lowest BCUT2D eigenvalue weighted by molar-refractivity contribution is 1.11. The Kier molecular flexibility index (Phi) is 8.11. The Hall–Kier alpha value is -7.82. The van der Waals surface area contributed by atoms with Crippen LogP contribution in [0.1, 0.15) is 0 Å². The van der Waals surface area contributed by atoms with Crippen molar-refractivity contribution in [3.05, 3.63) is 218 Å². The zero-order chi connectivity index (χ0) is 38.4. The van der Waals surface area contributed by atoms with Crippen molar-refractivity contribution in [3.63, 3.8) is 0 Å². The molecule has 0 amide bonds. The summed E-state index contributed by atoms with van der Waals surface area (Å²) in [7, 11) is 0. The fourth-order valence-electron chi connectivity index (χ4n) is 8.48. The van der Waals surface area contributed by atoms with Crippen molar-refractivity contribution in [1.29, 1.82) is 0 Å². The number of hydrogen-bond donors (Lipinski definition) is 0. The van der Waals surface area contributed by atoms with Gasteiger partial charge in [0.1, 0.15) is 0 Å². The molecular formula is C54H36N4. The second-order valence-corrected chi connectivity index (χ2v) is 14.6. The maximum absolute atomic E-state index is 5.56. The largest absolute Gasteiger partial charge is 0.309 e. The SMILES string of the molecule is c1ccc(-c2ccc(N(c3ccc4c(c3)c3ccccc3n4-c3ccccc3)c3nc(-c4ccccc4)c4ccc5ccccc5c4n3)c(-c3ccccc3)c2)cc1. The molecule has 4 nitrogen and oxygen atoms in total. The summed E-state index contributed by atoms with van der Waals surface area (Å²) in [5, 5.41) is 5.57. The molecule has 4 heteroatoms. The van der Waals surface area contributed by atoms with Gasteiger partial charge in [-0.15, -0.1) is 0 Å². The number of aromatic nitrogens is 3. The number of para-hydroxylation sites is 2. The van der Waals surface area contributed by atoms with Gasteiger partial charge in [-0.25, -0.2) is 9.97 Å². The Morgan fingerprint density at radius 3 is 1.76 bits per heavy atom. The molecule has 0 fully saturated rings. The van der Waals surface area contributed by atoms with Gasteiger partial charge < -0.3 is 4.57 Å². The summed E-state index contributed by atoms with van der Waals surface area (Å²) >= 11 is 0. The lowest BCUT2D eigenvalue weighted by Gasteiger charge is -2.27. The molecular weight excluding hydrogens is 705 g/mol. The highest BCUT2D eigenvalue weighted by Crippen LogP contribution is 2.45. The average molecular weight is 741 g/mol. The maximum Gasteiger partial charge on any atom is 0.235 e. The van der Waals surface area contributed by atoms with Crippen LogP contribution in [-0.2, 0) is 0 Å². The Labute approximate surface area is 336 Å². The minimum absolute atomic E-state index is 0.596. The summed E-state index contributed by atoms with van der Waals surface area (Å²) < 4.78 is 2.36. The summed E-state index contributed by atoms with van der Waals surface area (Å²) in [6, 6.07) is 77.4. The van der Waals surface area contributed by atoms with E-state index in [0.717, 1.165) is 88.7 Å². The smallest absolute Gasteiger partial charge is 0.235 e. The molecule has 11 rings (SSSR count). The van der Waals surface area contributed by atoms with Gasteiger partial charge in [0.15, 0.2) is 0 Å². The number of rotatable bonds is 7. The monoisotopic (exact) mass is 740 g/mol. The van der Waals surface area contributed by atoms with E-state index in [1.54, 1.807) is 0 Å². The third-order valence-electron chi connectivity index (χ3n) is 11.2. The highest BCUT2D eigenvalue weighted by Gasteiger charge is 2.24. The third-order valence-corrected chi connectivity index (χ3v) is 11.2. The minimum atomic E-state index is 0.596. The zero-order valence-corrected chi connectivity index (χ0v) is 31.6. The summed E-state index contributed by atoms with van der Waals surface area (Å²) in [4.78, 5) is 13.4.